The first-order chi connectivity index (χ1) is 7.79. The molecule has 0 unspecified atom stereocenters. The second-order valence-corrected chi connectivity index (χ2v) is 3.41. The van der Waals surface area contributed by atoms with E-state index in [4.69, 9.17) is 21.6 Å². The normalized spacial score (nSPS) is 9.50. The van der Waals surface area contributed by atoms with Gasteiger partial charge < -0.3 is 4.74 Å². The van der Waals surface area contributed by atoms with Crippen molar-refractivity contribution >= 4 is 11.6 Å². The number of hydrogen-bond acceptors (Lipinski definition) is 3. The third kappa shape index (κ3) is 2.30. The highest BCUT2D eigenvalue weighted by molar-refractivity contribution is 6.29. The molecule has 0 spiro atoms. The van der Waals surface area contributed by atoms with Crippen LogP contribution in [0.5, 0.6) is 11.5 Å². The number of aromatic nitrogens is 1. The Morgan fingerprint density at radius 1 is 1.25 bits per heavy atom. The van der Waals surface area contributed by atoms with Crippen LogP contribution < -0.4 is 4.74 Å². The summed E-state index contributed by atoms with van der Waals surface area (Å²) in [6.45, 7) is 0. The van der Waals surface area contributed by atoms with Gasteiger partial charge in [-0.15, -0.1) is 0 Å². The number of para-hydroxylation sites is 1. The molecule has 0 atom stereocenters. The standard InChI is InChI=1S/C12H7ClN2O/c13-12-7-10(5-6-15-12)16-11-4-2-1-3-9(11)8-14/h1-7H. The summed E-state index contributed by atoms with van der Waals surface area (Å²) < 4.78 is 5.53. The van der Waals surface area contributed by atoms with Gasteiger partial charge in [-0.25, -0.2) is 4.98 Å². The van der Waals surface area contributed by atoms with E-state index in [-0.39, 0.29) is 0 Å². The average Bonchev–Trinajstić information content (AvgIpc) is 2.30. The maximum atomic E-state index is 8.88. The molecule has 1 heterocycles. The zero-order chi connectivity index (χ0) is 11.4. The number of benzene rings is 1. The summed E-state index contributed by atoms with van der Waals surface area (Å²) in [4.78, 5) is 3.84. The van der Waals surface area contributed by atoms with Crippen molar-refractivity contribution in [3.05, 3.63) is 53.3 Å². The largest absolute Gasteiger partial charge is 0.456 e. The summed E-state index contributed by atoms with van der Waals surface area (Å²) in [6.07, 6.45) is 1.55. The van der Waals surface area contributed by atoms with E-state index in [2.05, 4.69) is 11.1 Å². The monoisotopic (exact) mass is 230 g/mol. The van der Waals surface area contributed by atoms with Crippen LogP contribution in [0.15, 0.2) is 42.6 Å². The molecule has 78 valence electrons. The van der Waals surface area contributed by atoms with Gasteiger partial charge in [-0.1, -0.05) is 23.7 Å². The zero-order valence-corrected chi connectivity index (χ0v) is 8.98. The molecule has 0 saturated carbocycles. The van der Waals surface area contributed by atoms with Crippen LogP contribution in [-0.2, 0) is 0 Å². The molecular weight excluding hydrogens is 224 g/mol. The van der Waals surface area contributed by atoms with Gasteiger partial charge in [0, 0.05) is 12.3 Å². The van der Waals surface area contributed by atoms with Crippen LogP contribution in [0.1, 0.15) is 5.56 Å². The van der Waals surface area contributed by atoms with Crippen molar-refractivity contribution in [3.8, 4) is 17.6 Å². The van der Waals surface area contributed by atoms with E-state index in [1.807, 2.05) is 0 Å². The zero-order valence-electron chi connectivity index (χ0n) is 8.22. The number of nitrogens with zero attached hydrogens (tertiary/aromatic N) is 2. The molecule has 0 aliphatic rings. The summed E-state index contributed by atoms with van der Waals surface area (Å²) in [5.74, 6) is 1.06. The Hall–Kier alpha value is -2.05. The highest BCUT2D eigenvalue weighted by Crippen LogP contribution is 2.25. The third-order valence-electron chi connectivity index (χ3n) is 1.93. The minimum absolute atomic E-state index is 0.354. The van der Waals surface area contributed by atoms with E-state index in [1.54, 1.807) is 42.6 Å². The van der Waals surface area contributed by atoms with Gasteiger partial charge in [0.2, 0.25) is 0 Å². The lowest BCUT2D eigenvalue weighted by molar-refractivity contribution is 0.480. The highest BCUT2D eigenvalue weighted by Gasteiger charge is 2.03. The molecule has 0 bridgehead atoms. The van der Waals surface area contributed by atoms with Gasteiger partial charge in [0.1, 0.15) is 22.7 Å². The molecule has 1 aromatic heterocycles. The second kappa shape index (κ2) is 4.65. The molecule has 3 nitrogen and oxygen atoms in total. The molecule has 1 aromatic carbocycles. The van der Waals surface area contributed by atoms with Gasteiger partial charge in [0.05, 0.1) is 5.56 Å². The van der Waals surface area contributed by atoms with Crippen molar-refractivity contribution in [1.29, 1.82) is 5.26 Å². The summed E-state index contributed by atoms with van der Waals surface area (Å²) in [7, 11) is 0. The lowest BCUT2D eigenvalue weighted by Crippen LogP contribution is -1.88. The van der Waals surface area contributed by atoms with E-state index in [9.17, 15) is 0 Å². The lowest BCUT2D eigenvalue weighted by atomic mass is 10.2. The fourth-order valence-electron chi connectivity index (χ4n) is 1.22. The summed E-state index contributed by atoms with van der Waals surface area (Å²) in [5, 5.41) is 9.24. The Bertz CT molecular complexity index is 549. The first kappa shape index (κ1) is 10.5. The average molecular weight is 231 g/mol. The fraction of sp³-hybridized carbons (Fsp3) is 0. The van der Waals surface area contributed by atoms with Crippen molar-refractivity contribution in [1.82, 2.24) is 4.98 Å². The molecule has 0 aliphatic carbocycles. The number of hydrogen-bond donors (Lipinski definition) is 0. The molecule has 2 aromatic rings. The second-order valence-electron chi connectivity index (χ2n) is 3.02. The van der Waals surface area contributed by atoms with Crippen LogP contribution in [0.4, 0.5) is 0 Å². The van der Waals surface area contributed by atoms with Crippen LogP contribution in [-0.4, -0.2) is 4.98 Å². The number of halogens is 1. The van der Waals surface area contributed by atoms with Crippen molar-refractivity contribution in [3.63, 3.8) is 0 Å². The van der Waals surface area contributed by atoms with Gasteiger partial charge in [-0.2, -0.15) is 5.26 Å². The van der Waals surface area contributed by atoms with Crippen LogP contribution in [0.3, 0.4) is 0 Å². The van der Waals surface area contributed by atoms with Crippen molar-refractivity contribution in [2.75, 3.05) is 0 Å². The predicted octanol–water partition coefficient (Wildman–Crippen LogP) is 3.40. The van der Waals surface area contributed by atoms with Gasteiger partial charge in [0.15, 0.2) is 0 Å². The molecular formula is C12H7ClN2O. The lowest BCUT2D eigenvalue weighted by Gasteiger charge is -2.06. The van der Waals surface area contributed by atoms with Crippen LogP contribution in [0.2, 0.25) is 5.15 Å². The maximum Gasteiger partial charge on any atom is 0.145 e. The molecule has 16 heavy (non-hydrogen) atoms. The van der Waals surface area contributed by atoms with Crippen LogP contribution in [0, 0.1) is 11.3 Å². The number of pyridine rings is 1. The number of rotatable bonds is 2. The topological polar surface area (TPSA) is 45.9 Å². The summed E-state index contributed by atoms with van der Waals surface area (Å²) >= 11 is 5.73. The number of nitriles is 1. The molecule has 2 rings (SSSR count). The molecule has 4 heteroatoms. The van der Waals surface area contributed by atoms with Crippen LogP contribution in [0.25, 0.3) is 0 Å². The molecule has 0 N–H and O–H groups in total. The third-order valence-corrected chi connectivity index (χ3v) is 2.14. The van der Waals surface area contributed by atoms with Gasteiger partial charge in [-0.3, -0.25) is 0 Å². The van der Waals surface area contributed by atoms with E-state index in [0.29, 0.717) is 22.2 Å². The Morgan fingerprint density at radius 2 is 2.06 bits per heavy atom. The van der Waals surface area contributed by atoms with Crippen molar-refractivity contribution < 1.29 is 4.74 Å². The molecule has 0 radical (unpaired) electrons. The molecule has 0 fully saturated rings. The van der Waals surface area contributed by atoms with E-state index in [1.165, 1.54) is 0 Å². The predicted molar refractivity (Wildman–Crippen MR) is 60.5 cm³/mol. The van der Waals surface area contributed by atoms with E-state index < -0.39 is 0 Å². The summed E-state index contributed by atoms with van der Waals surface area (Å²) in [5.41, 5.74) is 0.482. The SMILES string of the molecule is N#Cc1ccccc1Oc1ccnc(Cl)c1. The molecule has 0 amide bonds. The Labute approximate surface area is 97.9 Å². The first-order valence-electron chi connectivity index (χ1n) is 4.58. The fourth-order valence-corrected chi connectivity index (χ4v) is 1.39. The number of ether oxygens (including phenoxy) is 1. The quantitative estimate of drug-likeness (QED) is 0.743. The molecule has 0 aliphatic heterocycles. The van der Waals surface area contributed by atoms with Gasteiger partial charge in [-0.05, 0) is 18.2 Å². The minimum atomic E-state index is 0.354. The van der Waals surface area contributed by atoms with Crippen molar-refractivity contribution in [2.24, 2.45) is 0 Å². The Morgan fingerprint density at radius 3 is 2.81 bits per heavy atom. The first-order valence-corrected chi connectivity index (χ1v) is 4.96. The van der Waals surface area contributed by atoms with Crippen LogP contribution >= 0.6 is 11.6 Å². The maximum absolute atomic E-state index is 8.88. The Balaban J connectivity index is 2.31. The van der Waals surface area contributed by atoms with Gasteiger partial charge in [0.25, 0.3) is 0 Å². The van der Waals surface area contributed by atoms with Crippen molar-refractivity contribution in [2.45, 2.75) is 0 Å². The highest BCUT2D eigenvalue weighted by atomic mass is 35.5. The molecule has 0 saturated heterocycles. The van der Waals surface area contributed by atoms with Gasteiger partial charge >= 0.3 is 0 Å². The van der Waals surface area contributed by atoms with E-state index in [0.717, 1.165) is 0 Å². The van der Waals surface area contributed by atoms with E-state index >= 15 is 0 Å². The Kier molecular flexibility index (Phi) is 3.04. The smallest absolute Gasteiger partial charge is 0.145 e. The summed E-state index contributed by atoms with van der Waals surface area (Å²) in [6, 6.07) is 12.3. The minimum Gasteiger partial charge on any atom is -0.456 e.